The van der Waals surface area contributed by atoms with Gasteiger partial charge in [0.05, 0.1) is 4.99 Å². The molecule has 0 aliphatic carbocycles. The van der Waals surface area contributed by atoms with E-state index < -0.39 is 0 Å². The van der Waals surface area contributed by atoms with E-state index in [-0.39, 0.29) is 0 Å². The Labute approximate surface area is 118 Å². The molecule has 2 rings (SSSR count). The normalized spacial score (nSPS) is 18.8. The second-order valence-corrected chi connectivity index (χ2v) is 5.97. The number of anilines is 1. The van der Waals surface area contributed by atoms with Crippen molar-refractivity contribution in [2.75, 3.05) is 31.1 Å². The lowest BCUT2D eigenvalue weighted by atomic mass is 10.1. The molecule has 2 N–H and O–H groups in total. The van der Waals surface area contributed by atoms with Crippen LogP contribution in [0, 0.1) is 0 Å². The molecule has 0 bridgehead atoms. The van der Waals surface area contributed by atoms with E-state index in [0.717, 1.165) is 44.2 Å². The largest absolute Gasteiger partial charge is 0.393 e. The summed E-state index contributed by atoms with van der Waals surface area (Å²) in [5, 5.41) is 3.17. The molecule has 0 saturated carbocycles. The smallest absolute Gasteiger partial charge is 0.185 e. The van der Waals surface area contributed by atoms with Crippen LogP contribution >= 0.6 is 23.6 Å². The maximum Gasteiger partial charge on any atom is 0.185 e. The number of hydrogen-bond donors (Lipinski definition) is 1. The summed E-state index contributed by atoms with van der Waals surface area (Å²) in [6.45, 7) is 6.43. The first-order valence-corrected chi connectivity index (χ1v) is 7.66. The summed E-state index contributed by atoms with van der Waals surface area (Å²) < 4.78 is 0. The van der Waals surface area contributed by atoms with Gasteiger partial charge in [-0.2, -0.15) is 0 Å². The van der Waals surface area contributed by atoms with Gasteiger partial charge in [-0.1, -0.05) is 19.1 Å². The zero-order valence-electron chi connectivity index (χ0n) is 10.7. The van der Waals surface area contributed by atoms with Crippen molar-refractivity contribution in [1.29, 1.82) is 0 Å². The van der Waals surface area contributed by atoms with E-state index >= 15 is 0 Å². The number of hydrogen-bond acceptors (Lipinski definition) is 5. The fourth-order valence-corrected chi connectivity index (χ4v) is 3.30. The summed E-state index contributed by atoms with van der Waals surface area (Å²) in [5.74, 6) is 0. The predicted octanol–water partition coefficient (Wildman–Crippen LogP) is 1.72. The Hall–Kier alpha value is -0.720. The van der Waals surface area contributed by atoms with Crippen molar-refractivity contribution in [2.24, 2.45) is 5.73 Å². The highest BCUT2D eigenvalue weighted by Crippen LogP contribution is 2.20. The molecule has 1 saturated heterocycles. The molecule has 1 unspecified atom stereocenters. The lowest BCUT2D eigenvalue weighted by Crippen LogP contribution is -2.51. The first kappa shape index (κ1) is 13.7. The molecule has 0 aromatic carbocycles. The zero-order chi connectivity index (χ0) is 13.0. The fraction of sp³-hybridized carbons (Fsp3) is 0.667. The average molecular weight is 284 g/mol. The molecule has 1 aromatic rings. The molecule has 1 aliphatic heterocycles. The van der Waals surface area contributed by atoms with E-state index in [2.05, 4.69) is 21.7 Å². The topological polar surface area (TPSA) is 45.4 Å². The van der Waals surface area contributed by atoms with E-state index in [1.807, 2.05) is 11.6 Å². The van der Waals surface area contributed by atoms with Gasteiger partial charge in [-0.05, 0) is 6.42 Å². The van der Waals surface area contributed by atoms with Crippen molar-refractivity contribution >= 4 is 33.7 Å². The fourth-order valence-electron chi connectivity index (χ4n) is 2.41. The Kier molecular flexibility index (Phi) is 4.91. The average Bonchev–Trinajstić information content (AvgIpc) is 2.90. The molecule has 0 amide bonds. The van der Waals surface area contributed by atoms with Gasteiger partial charge < -0.3 is 10.6 Å². The maximum absolute atomic E-state index is 5.67. The third-order valence-electron chi connectivity index (χ3n) is 3.43. The molecule has 0 spiro atoms. The van der Waals surface area contributed by atoms with Gasteiger partial charge in [-0.15, -0.1) is 11.3 Å². The molecule has 1 aromatic heterocycles. The summed E-state index contributed by atoms with van der Waals surface area (Å²) in [6, 6.07) is 0.501. The van der Waals surface area contributed by atoms with Gasteiger partial charge in [0.15, 0.2) is 5.13 Å². The van der Waals surface area contributed by atoms with Crippen LogP contribution in [-0.2, 0) is 0 Å². The maximum atomic E-state index is 5.67. The van der Waals surface area contributed by atoms with Crippen molar-refractivity contribution in [1.82, 2.24) is 9.88 Å². The van der Waals surface area contributed by atoms with Crippen LogP contribution in [0.4, 0.5) is 5.13 Å². The predicted molar refractivity (Wildman–Crippen MR) is 81.4 cm³/mol. The Morgan fingerprint density at radius 1 is 1.50 bits per heavy atom. The molecular weight excluding hydrogens is 264 g/mol. The molecule has 1 aliphatic rings. The van der Waals surface area contributed by atoms with Crippen LogP contribution in [0.2, 0.25) is 0 Å². The van der Waals surface area contributed by atoms with Gasteiger partial charge in [0, 0.05) is 50.2 Å². The molecule has 6 heteroatoms. The first-order chi connectivity index (χ1) is 8.70. The number of rotatable bonds is 5. The van der Waals surface area contributed by atoms with Gasteiger partial charge in [-0.3, -0.25) is 4.90 Å². The van der Waals surface area contributed by atoms with Gasteiger partial charge in [0.25, 0.3) is 0 Å². The Morgan fingerprint density at radius 3 is 2.72 bits per heavy atom. The third-order valence-corrected chi connectivity index (χ3v) is 4.43. The lowest BCUT2D eigenvalue weighted by Gasteiger charge is -2.38. The molecule has 18 heavy (non-hydrogen) atoms. The molecule has 1 fully saturated rings. The SMILES string of the molecule is CCC(CC(N)=S)N1CCN(c2nccs2)CC1. The minimum Gasteiger partial charge on any atom is -0.393 e. The molecule has 2 heterocycles. The van der Waals surface area contributed by atoms with Gasteiger partial charge in [0.1, 0.15) is 0 Å². The second-order valence-electron chi connectivity index (χ2n) is 4.57. The second kappa shape index (κ2) is 6.45. The molecule has 4 nitrogen and oxygen atoms in total. The quantitative estimate of drug-likeness (QED) is 0.834. The van der Waals surface area contributed by atoms with E-state index in [1.165, 1.54) is 0 Å². The van der Waals surface area contributed by atoms with Crippen molar-refractivity contribution in [2.45, 2.75) is 25.8 Å². The van der Waals surface area contributed by atoms with Crippen LogP contribution in [0.1, 0.15) is 19.8 Å². The van der Waals surface area contributed by atoms with Gasteiger partial charge >= 0.3 is 0 Å². The van der Waals surface area contributed by atoms with E-state index in [1.54, 1.807) is 11.3 Å². The van der Waals surface area contributed by atoms with Gasteiger partial charge in [0.2, 0.25) is 0 Å². The lowest BCUT2D eigenvalue weighted by molar-refractivity contribution is 0.184. The van der Waals surface area contributed by atoms with Crippen molar-refractivity contribution < 1.29 is 0 Å². The zero-order valence-corrected chi connectivity index (χ0v) is 12.3. The Morgan fingerprint density at radius 2 is 2.22 bits per heavy atom. The number of nitrogens with two attached hydrogens (primary N) is 1. The van der Waals surface area contributed by atoms with Crippen LogP contribution < -0.4 is 10.6 Å². The van der Waals surface area contributed by atoms with Crippen LogP contribution in [0.25, 0.3) is 0 Å². The Balaban J connectivity index is 1.87. The first-order valence-electron chi connectivity index (χ1n) is 6.37. The minimum atomic E-state index is 0.501. The summed E-state index contributed by atoms with van der Waals surface area (Å²) in [6.07, 6.45) is 3.81. The Bertz CT molecular complexity index is 371. The van der Waals surface area contributed by atoms with Crippen LogP contribution in [0.15, 0.2) is 11.6 Å². The number of aromatic nitrogens is 1. The standard InChI is InChI=1S/C12H20N4S2/c1-2-10(9-11(13)17)15-4-6-16(7-5-15)12-14-3-8-18-12/h3,8,10H,2,4-7,9H2,1H3,(H2,13,17). The van der Waals surface area contributed by atoms with E-state index in [4.69, 9.17) is 18.0 Å². The summed E-state index contributed by atoms with van der Waals surface area (Å²) in [7, 11) is 0. The van der Waals surface area contributed by atoms with Crippen LogP contribution in [0.3, 0.4) is 0 Å². The highest BCUT2D eigenvalue weighted by Gasteiger charge is 2.23. The van der Waals surface area contributed by atoms with Crippen LogP contribution in [-0.4, -0.2) is 47.1 Å². The highest BCUT2D eigenvalue weighted by atomic mass is 32.1. The molecule has 100 valence electrons. The van der Waals surface area contributed by atoms with Crippen LogP contribution in [0.5, 0.6) is 0 Å². The molecule has 0 radical (unpaired) electrons. The van der Waals surface area contributed by atoms with E-state index in [0.29, 0.717) is 11.0 Å². The number of thiazole rings is 1. The molecular formula is C12H20N4S2. The number of nitrogens with zero attached hydrogens (tertiary/aromatic N) is 3. The van der Waals surface area contributed by atoms with Crippen molar-refractivity contribution in [3.63, 3.8) is 0 Å². The monoisotopic (exact) mass is 284 g/mol. The summed E-state index contributed by atoms with van der Waals surface area (Å²) in [4.78, 5) is 9.85. The summed E-state index contributed by atoms with van der Waals surface area (Å²) in [5.41, 5.74) is 5.67. The minimum absolute atomic E-state index is 0.501. The highest BCUT2D eigenvalue weighted by molar-refractivity contribution is 7.80. The molecule has 1 atom stereocenters. The third kappa shape index (κ3) is 3.40. The van der Waals surface area contributed by atoms with Crippen molar-refractivity contribution in [3.05, 3.63) is 11.6 Å². The summed E-state index contributed by atoms with van der Waals surface area (Å²) >= 11 is 6.74. The van der Waals surface area contributed by atoms with E-state index in [9.17, 15) is 0 Å². The number of thiocarbonyl (C=S) groups is 1. The number of piperazine rings is 1. The van der Waals surface area contributed by atoms with Crippen molar-refractivity contribution in [3.8, 4) is 0 Å². The van der Waals surface area contributed by atoms with Gasteiger partial charge in [-0.25, -0.2) is 4.98 Å².